The number of rotatable bonds is 11. The highest BCUT2D eigenvalue weighted by atomic mass is 32.2. The van der Waals surface area contributed by atoms with Gasteiger partial charge < -0.3 is 5.11 Å². The standard InChI is InChI=1S/C28H44OS2/c1-21(2)12-10-13-22(3)14-11-15-23(4)18-19-30-28(8,9)31-24-16-17-26(29)25(20-24)27(5,6)7/h12,14,16-18,20,29H,10-11,13,15,19H2,1-9H3. The molecule has 0 amide bonds. The second-order valence-corrected chi connectivity index (χ2v) is 13.8. The number of hydrogen-bond donors (Lipinski definition) is 1. The van der Waals surface area contributed by atoms with Crippen molar-refractivity contribution in [3.63, 3.8) is 0 Å². The van der Waals surface area contributed by atoms with Crippen molar-refractivity contribution in [1.29, 1.82) is 0 Å². The maximum Gasteiger partial charge on any atom is 0.119 e. The first-order chi connectivity index (χ1) is 14.3. The summed E-state index contributed by atoms with van der Waals surface area (Å²) < 4.78 is 0.0737. The number of allylic oxidation sites excluding steroid dienone is 5. The molecule has 0 aliphatic carbocycles. The second-order valence-electron chi connectivity index (χ2n) is 10.2. The molecule has 0 saturated heterocycles. The third-order valence-corrected chi connectivity index (χ3v) is 7.74. The average Bonchev–Trinajstić information content (AvgIpc) is 2.61. The SMILES string of the molecule is CC(C)=CCCC(C)=CCCC(C)=CCSC(C)(C)Sc1ccc(O)c(C(C)(C)C)c1. The van der Waals surface area contributed by atoms with Crippen molar-refractivity contribution in [2.24, 2.45) is 0 Å². The maximum atomic E-state index is 10.2. The van der Waals surface area contributed by atoms with Crippen LogP contribution in [0.2, 0.25) is 0 Å². The van der Waals surface area contributed by atoms with Gasteiger partial charge in [-0.25, -0.2) is 0 Å². The maximum absolute atomic E-state index is 10.2. The lowest BCUT2D eigenvalue weighted by molar-refractivity contribution is 0.446. The number of aromatic hydroxyl groups is 1. The van der Waals surface area contributed by atoms with Crippen molar-refractivity contribution in [3.05, 3.63) is 58.7 Å². The lowest BCUT2D eigenvalue weighted by Gasteiger charge is -2.25. The van der Waals surface area contributed by atoms with Crippen LogP contribution in [-0.2, 0) is 5.41 Å². The zero-order valence-corrected chi connectivity index (χ0v) is 22.9. The number of phenolic OH excluding ortho intramolecular Hbond substituents is 1. The molecular formula is C28H44OS2. The molecule has 1 aromatic rings. The van der Waals surface area contributed by atoms with Gasteiger partial charge in [-0.1, -0.05) is 55.7 Å². The van der Waals surface area contributed by atoms with Gasteiger partial charge in [0.1, 0.15) is 5.75 Å². The van der Waals surface area contributed by atoms with Crippen LogP contribution in [-0.4, -0.2) is 14.9 Å². The first-order valence-corrected chi connectivity index (χ1v) is 13.2. The van der Waals surface area contributed by atoms with E-state index in [1.54, 1.807) is 0 Å². The van der Waals surface area contributed by atoms with Crippen LogP contribution in [0.4, 0.5) is 0 Å². The monoisotopic (exact) mass is 460 g/mol. The van der Waals surface area contributed by atoms with Crippen LogP contribution in [0.25, 0.3) is 0 Å². The topological polar surface area (TPSA) is 20.2 Å². The molecular weight excluding hydrogens is 416 g/mol. The first kappa shape index (κ1) is 28.0. The van der Waals surface area contributed by atoms with E-state index in [2.05, 4.69) is 86.6 Å². The van der Waals surface area contributed by atoms with E-state index in [0.717, 1.165) is 30.6 Å². The molecule has 0 aliphatic rings. The van der Waals surface area contributed by atoms with Crippen molar-refractivity contribution < 1.29 is 5.11 Å². The van der Waals surface area contributed by atoms with Gasteiger partial charge in [-0.3, -0.25) is 0 Å². The Balaban J connectivity index is 2.52. The number of phenols is 1. The van der Waals surface area contributed by atoms with Gasteiger partial charge in [0.15, 0.2) is 0 Å². The molecule has 0 radical (unpaired) electrons. The minimum Gasteiger partial charge on any atom is -0.508 e. The predicted octanol–water partition coefficient (Wildman–Crippen LogP) is 9.67. The van der Waals surface area contributed by atoms with Gasteiger partial charge in [0.2, 0.25) is 0 Å². The highest BCUT2D eigenvalue weighted by Gasteiger charge is 2.23. The molecule has 0 atom stereocenters. The minimum absolute atomic E-state index is 0.0593. The molecule has 0 saturated carbocycles. The molecule has 0 heterocycles. The third-order valence-electron chi connectivity index (χ3n) is 5.13. The number of hydrogen-bond acceptors (Lipinski definition) is 3. The zero-order chi connectivity index (χ0) is 23.7. The summed E-state index contributed by atoms with van der Waals surface area (Å²) in [5.74, 6) is 1.42. The summed E-state index contributed by atoms with van der Waals surface area (Å²) in [5, 5.41) is 10.2. The van der Waals surface area contributed by atoms with Crippen molar-refractivity contribution >= 4 is 23.5 Å². The Morgan fingerprint density at radius 2 is 1.45 bits per heavy atom. The van der Waals surface area contributed by atoms with Gasteiger partial charge in [-0.2, -0.15) is 0 Å². The molecule has 0 aliphatic heterocycles. The number of benzene rings is 1. The lowest BCUT2D eigenvalue weighted by atomic mass is 9.86. The van der Waals surface area contributed by atoms with Crippen LogP contribution >= 0.6 is 23.5 Å². The Morgan fingerprint density at radius 3 is 2.03 bits per heavy atom. The van der Waals surface area contributed by atoms with Gasteiger partial charge in [0.05, 0.1) is 4.08 Å². The van der Waals surface area contributed by atoms with Crippen LogP contribution in [0.3, 0.4) is 0 Å². The van der Waals surface area contributed by atoms with Crippen LogP contribution in [0, 0.1) is 0 Å². The Morgan fingerprint density at radius 1 is 0.871 bits per heavy atom. The van der Waals surface area contributed by atoms with Crippen LogP contribution < -0.4 is 0 Å². The molecule has 0 unspecified atom stereocenters. The number of thioether (sulfide) groups is 2. The molecule has 1 nitrogen and oxygen atoms in total. The van der Waals surface area contributed by atoms with Crippen molar-refractivity contribution in [2.75, 3.05) is 5.75 Å². The van der Waals surface area contributed by atoms with Gasteiger partial charge in [0.25, 0.3) is 0 Å². The Bertz CT molecular complexity index is 788. The lowest BCUT2D eigenvalue weighted by Crippen LogP contribution is -2.12. The molecule has 174 valence electrons. The summed E-state index contributed by atoms with van der Waals surface area (Å²) >= 11 is 3.85. The van der Waals surface area contributed by atoms with Gasteiger partial charge in [-0.05, 0) is 90.8 Å². The van der Waals surface area contributed by atoms with Gasteiger partial charge >= 0.3 is 0 Å². The zero-order valence-electron chi connectivity index (χ0n) is 21.3. The van der Waals surface area contributed by atoms with E-state index in [9.17, 15) is 5.11 Å². The van der Waals surface area contributed by atoms with Gasteiger partial charge in [0, 0.05) is 16.2 Å². The van der Waals surface area contributed by atoms with E-state index >= 15 is 0 Å². The quantitative estimate of drug-likeness (QED) is 0.201. The van der Waals surface area contributed by atoms with E-state index < -0.39 is 0 Å². The molecule has 0 fully saturated rings. The van der Waals surface area contributed by atoms with Crippen molar-refractivity contribution in [3.8, 4) is 5.75 Å². The molecule has 3 heteroatoms. The largest absolute Gasteiger partial charge is 0.508 e. The van der Waals surface area contributed by atoms with E-state index in [-0.39, 0.29) is 9.49 Å². The van der Waals surface area contributed by atoms with Crippen LogP contribution in [0.15, 0.2) is 58.0 Å². The van der Waals surface area contributed by atoms with Crippen LogP contribution in [0.5, 0.6) is 5.75 Å². The van der Waals surface area contributed by atoms with E-state index in [0.29, 0.717) is 5.75 Å². The van der Waals surface area contributed by atoms with E-state index in [1.165, 1.54) is 28.0 Å². The summed E-state index contributed by atoms with van der Waals surface area (Å²) in [6.45, 7) is 19.8. The highest BCUT2D eigenvalue weighted by molar-refractivity contribution is 8.18. The average molecular weight is 461 g/mol. The second kappa shape index (κ2) is 12.8. The van der Waals surface area contributed by atoms with Gasteiger partial charge in [-0.15, -0.1) is 23.5 Å². The highest BCUT2D eigenvalue weighted by Crippen LogP contribution is 2.43. The fourth-order valence-corrected chi connectivity index (χ4v) is 5.59. The summed E-state index contributed by atoms with van der Waals surface area (Å²) in [4.78, 5) is 1.22. The molecule has 1 rings (SSSR count). The fraction of sp³-hybridized carbons (Fsp3) is 0.571. The fourth-order valence-electron chi connectivity index (χ4n) is 3.22. The molecule has 31 heavy (non-hydrogen) atoms. The summed E-state index contributed by atoms with van der Waals surface area (Å²) in [7, 11) is 0. The Labute approximate surface area is 200 Å². The van der Waals surface area contributed by atoms with Crippen molar-refractivity contribution in [1.82, 2.24) is 0 Å². The molecule has 0 spiro atoms. The smallest absolute Gasteiger partial charge is 0.119 e. The molecule has 0 bridgehead atoms. The third kappa shape index (κ3) is 11.9. The van der Waals surface area contributed by atoms with E-state index in [4.69, 9.17) is 0 Å². The summed E-state index contributed by atoms with van der Waals surface area (Å²) in [6, 6.07) is 6.02. The summed E-state index contributed by atoms with van der Waals surface area (Å²) in [5.41, 5.74) is 5.33. The van der Waals surface area contributed by atoms with Crippen molar-refractivity contribution in [2.45, 2.75) is 102 Å². The normalized spacial score (nSPS) is 13.5. The minimum atomic E-state index is -0.0593. The first-order valence-electron chi connectivity index (χ1n) is 11.4. The molecule has 1 aromatic carbocycles. The summed E-state index contributed by atoms with van der Waals surface area (Å²) in [6.07, 6.45) is 11.7. The Hall–Kier alpha value is -1.06. The predicted molar refractivity (Wildman–Crippen MR) is 145 cm³/mol. The molecule has 1 N–H and O–H groups in total. The molecule has 0 aromatic heterocycles. The van der Waals surface area contributed by atoms with Crippen LogP contribution in [0.1, 0.15) is 93.6 Å². The Kier molecular flexibility index (Phi) is 11.6. The van der Waals surface area contributed by atoms with E-state index in [1.807, 2.05) is 35.7 Å².